The van der Waals surface area contributed by atoms with Gasteiger partial charge < -0.3 is 4.79 Å². The van der Waals surface area contributed by atoms with Crippen LogP contribution in [0, 0.1) is 0 Å². The van der Waals surface area contributed by atoms with Crippen molar-refractivity contribution in [1.82, 2.24) is 0 Å². The number of halogens is 1. The number of hydrogen-bond donors (Lipinski definition) is 0. The van der Waals surface area contributed by atoms with Crippen LogP contribution in [0.2, 0.25) is 5.02 Å². The van der Waals surface area contributed by atoms with E-state index in [1.807, 2.05) is 12.1 Å². The summed E-state index contributed by atoms with van der Waals surface area (Å²) in [5, 5.41) is 0.622. The van der Waals surface area contributed by atoms with Crippen molar-refractivity contribution in [3.05, 3.63) is 59.1 Å². The highest BCUT2D eigenvalue weighted by Gasteiger charge is 2.06. The van der Waals surface area contributed by atoms with Gasteiger partial charge in [-0.2, -0.15) is 0 Å². The molecule has 1 atom stereocenters. The quantitative estimate of drug-likeness (QED) is 0.805. The molecule has 0 N–H and O–H groups in total. The lowest BCUT2D eigenvalue weighted by atomic mass is 10.2. The molecule has 2 aromatic carbocycles. The first-order valence-electron chi connectivity index (χ1n) is 5.40. The minimum Gasteiger partial charge on any atom is -0.303 e. The maximum absolute atomic E-state index is 12.2. The van der Waals surface area contributed by atoms with Crippen molar-refractivity contribution in [1.29, 1.82) is 0 Å². The van der Waals surface area contributed by atoms with E-state index >= 15 is 0 Å². The van der Waals surface area contributed by atoms with E-state index in [4.69, 9.17) is 11.6 Å². The van der Waals surface area contributed by atoms with E-state index in [-0.39, 0.29) is 0 Å². The minimum absolute atomic E-state index is 0.383. The molecule has 0 fully saturated rings. The molecule has 0 bridgehead atoms. The molecule has 0 heterocycles. The van der Waals surface area contributed by atoms with E-state index < -0.39 is 10.8 Å². The molecule has 2 rings (SSSR count). The zero-order valence-electron chi connectivity index (χ0n) is 9.51. The van der Waals surface area contributed by atoms with Crippen LogP contribution < -0.4 is 0 Å². The Balaban J connectivity index is 2.23. The largest absolute Gasteiger partial charge is 0.303 e. The van der Waals surface area contributed by atoms with Crippen LogP contribution in [-0.2, 0) is 22.0 Å². The van der Waals surface area contributed by atoms with Gasteiger partial charge in [0, 0.05) is 21.2 Å². The Bertz CT molecular complexity index is 561. The van der Waals surface area contributed by atoms with Crippen LogP contribution in [0.25, 0.3) is 0 Å². The van der Waals surface area contributed by atoms with E-state index in [9.17, 15) is 9.00 Å². The standard InChI is InChI=1S/C14H11ClO2S/c15-12-3-7-14(8-4-12)18(17)13-5-1-11(2-6-13)9-10-16/h1-8,10H,9H2. The molecule has 92 valence electrons. The van der Waals surface area contributed by atoms with E-state index in [0.717, 1.165) is 11.8 Å². The number of carbonyl (C=O) groups is 1. The normalized spacial score (nSPS) is 12.1. The SMILES string of the molecule is O=CCc1ccc(S(=O)c2ccc(Cl)cc2)cc1. The second-order valence-corrected chi connectivity index (χ2v) is 5.65. The smallest absolute Gasteiger partial charge is 0.124 e. The zero-order chi connectivity index (χ0) is 13.0. The number of aldehydes is 1. The van der Waals surface area contributed by atoms with Gasteiger partial charge in [-0.15, -0.1) is 0 Å². The predicted octanol–water partition coefficient (Wildman–Crippen LogP) is 3.25. The van der Waals surface area contributed by atoms with Gasteiger partial charge >= 0.3 is 0 Å². The summed E-state index contributed by atoms with van der Waals surface area (Å²) in [6.45, 7) is 0. The van der Waals surface area contributed by atoms with Gasteiger partial charge in [0.2, 0.25) is 0 Å². The van der Waals surface area contributed by atoms with Crippen molar-refractivity contribution in [3.63, 3.8) is 0 Å². The Morgan fingerprint density at radius 3 is 1.94 bits per heavy atom. The first-order chi connectivity index (χ1) is 8.70. The molecule has 2 aromatic rings. The first-order valence-corrected chi connectivity index (χ1v) is 6.93. The topological polar surface area (TPSA) is 34.1 Å². The van der Waals surface area contributed by atoms with Gasteiger partial charge in [0.1, 0.15) is 6.29 Å². The first kappa shape index (κ1) is 13.0. The van der Waals surface area contributed by atoms with Gasteiger partial charge in [0.05, 0.1) is 10.8 Å². The molecule has 0 aliphatic carbocycles. The monoisotopic (exact) mass is 278 g/mol. The van der Waals surface area contributed by atoms with Gasteiger partial charge in [-0.1, -0.05) is 23.7 Å². The molecular weight excluding hydrogens is 268 g/mol. The van der Waals surface area contributed by atoms with Crippen LogP contribution in [0.5, 0.6) is 0 Å². The van der Waals surface area contributed by atoms with Gasteiger partial charge in [-0.3, -0.25) is 0 Å². The van der Waals surface area contributed by atoms with Crippen molar-refractivity contribution in [3.8, 4) is 0 Å². The Morgan fingerprint density at radius 1 is 0.944 bits per heavy atom. The molecule has 1 unspecified atom stereocenters. The average Bonchev–Trinajstić information content (AvgIpc) is 2.40. The summed E-state index contributed by atoms with van der Waals surface area (Å²) in [6.07, 6.45) is 1.24. The lowest BCUT2D eigenvalue weighted by Gasteiger charge is -2.03. The number of hydrogen-bond acceptors (Lipinski definition) is 2. The fourth-order valence-electron chi connectivity index (χ4n) is 1.54. The highest BCUT2D eigenvalue weighted by Crippen LogP contribution is 2.19. The lowest BCUT2D eigenvalue weighted by Crippen LogP contribution is -1.93. The molecule has 0 saturated carbocycles. The van der Waals surface area contributed by atoms with Crippen LogP contribution >= 0.6 is 11.6 Å². The third-order valence-corrected chi connectivity index (χ3v) is 4.14. The van der Waals surface area contributed by atoms with Gasteiger partial charge in [-0.25, -0.2) is 4.21 Å². The molecule has 18 heavy (non-hydrogen) atoms. The molecule has 0 amide bonds. The third kappa shape index (κ3) is 3.06. The highest BCUT2D eigenvalue weighted by atomic mass is 35.5. The van der Waals surface area contributed by atoms with E-state index in [2.05, 4.69) is 0 Å². The number of benzene rings is 2. The molecule has 0 aliphatic heterocycles. The van der Waals surface area contributed by atoms with Crippen molar-refractivity contribution in [2.75, 3.05) is 0 Å². The van der Waals surface area contributed by atoms with Crippen LogP contribution in [-0.4, -0.2) is 10.5 Å². The van der Waals surface area contributed by atoms with Crippen LogP contribution in [0.3, 0.4) is 0 Å². The minimum atomic E-state index is -1.21. The van der Waals surface area contributed by atoms with E-state index in [1.165, 1.54) is 0 Å². The predicted molar refractivity (Wildman–Crippen MR) is 72.3 cm³/mol. The summed E-state index contributed by atoms with van der Waals surface area (Å²) in [7, 11) is -1.21. The van der Waals surface area contributed by atoms with Gasteiger partial charge in [0.25, 0.3) is 0 Å². The maximum atomic E-state index is 12.2. The second-order valence-electron chi connectivity index (χ2n) is 3.74. The Labute approximate surface area is 113 Å². The maximum Gasteiger partial charge on any atom is 0.124 e. The molecule has 0 saturated heterocycles. The van der Waals surface area contributed by atoms with E-state index in [0.29, 0.717) is 21.2 Å². The summed E-state index contributed by atoms with van der Waals surface area (Å²) < 4.78 is 12.2. The lowest BCUT2D eigenvalue weighted by molar-refractivity contribution is -0.107. The molecule has 0 aliphatic rings. The molecule has 4 heteroatoms. The molecule has 0 aromatic heterocycles. The third-order valence-electron chi connectivity index (χ3n) is 2.48. The molecular formula is C14H11ClO2S. The number of carbonyl (C=O) groups excluding carboxylic acids is 1. The van der Waals surface area contributed by atoms with Crippen LogP contribution in [0.4, 0.5) is 0 Å². The average molecular weight is 279 g/mol. The molecule has 0 spiro atoms. The van der Waals surface area contributed by atoms with E-state index in [1.54, 1.807) is 36.4 Å². The van der Waals surface area contributed by atoms with Crippen molar-refractivity contribution >= 4 is 28.7 Å². The summed E-state index contributed by atoms with van der Waals surface area (Å²) in [5.74, 6) is 0. The van der Waals surface area contributed by atoms with Gasteiger partial charge in [0.15, 0.2) is 0 Å². The zero-order valence-corrected chi connectivity index (χ0v) is 11.1. The summed E-state index contributed by atoms with van der Waals surface area (Å²) in [6, 6.07) is 14.1. The number of rotatable bonds is 4. The molecule has 0 radical (unpaired) electrons. The van der Waals surface area contributed by atoms with Crippen LogP contribution in [0.1, 0.15) is 5.56 Å². The summed E-state index contributed by atoms with van der Waals surface area (Å²) in [5.41, 5.74) is 0.918. The fourth-order valence-corrected chi connectivity index (χ4v) is 2.70. The Kier molecular flexibility index (Phi) is 4.28. The highest BCUT2D eigenvalue weighted by molar-refractivity contribution is 7.85. The van der Waals surface area contributed by atoms with Gasteiger partial charge in [-0.05, 0) is 42.0 Å². The second kappa shape index (κ2) is 5.94. The summed E-state index contributed by atoms with van der Waals surface area (Å²) in [4.78, 5) is 11.8. The summed E-state index contributed by atoms with van der Waals surface area (Å²) >= 11 is 5.79. The van der Waals surface area contributed by atoms with Crippen LogP contribution in [0.15, 0.2) is 58.3 Å². The molecule has 2 nitrogen and oxygen atoms in total. The van der Waals surface area contributed by atoms with Crippen molar-refractivity contribution in [2.45, 2.75) is 16.2 Å². The fraction of sp³-hybridized carbons (Fsp3) is 0.0714. The van der Waals surface area contributed by atoms with Crippen molar-refractivity contribution < 1.29 is 9.00 Å². The Hall–Kier alpha value is -1.45. The van der Waals surface area contributed by atoms with Crippen molar-refractivity contribution in [2.24, 2.45) is 0 Å². The Morgan fingerprint density at radius 2 is 1.44 bits per heavy atom.